The summed E-state index contributed by atoms with van der Waals surface area (Å²) in [4.78, 5) is 12.5. The molecule has 0 heterocycles. The predicted molar refractivity (Wildman–Crippen MR) is 81.2 cm³/mol. The second-order valence-corrected chi connectivity index (χ2v) is 5.83. The van der Waals surface area contributed by atoms with Gasteiger partial charge in [0.1, 0.15) is 0 Å². The smallest absolute Gasteiger partial charge is 0.252 e. The summed E-state index contributed by atoms with van der Waals surface area (Å²) in [5.41, 5.74) is 0.602. The summed E-state index contributed by atoms with van der Waals surface area (Å²) < 4.78 is 0.917. The van der Waals surface area contributed by atoms with Crippen molar-refractivity contribution in [2.45, 2.75) is 4.90 Å². The molecule has 0 aromatic heterocycles. The Morgan fingerprint density at radius 1 is 1.59 bits per heavy atom. The van der Waals surface area contributed by atoms with E-state index in [0.29, 0.717) is 17.0 Å². The molecule has 0 aliphatic carbocycles. The number of halogens is 1. The van der Waals surface area contributed by atoms with E-state index >= 15 is 0 Å². The van der Waals surface area contributed by atoms with Crippen molar-refractivity contribution < 1.29 is 4.79 Å². The molecule has 0 bridgehead atoms. The second kappa shape index (κ2) is 7.84. The lowest BCUT2D eigenvalue weighted by Crippen LogP contribution is -2.26. The van der Waals surface area contributed by atoms with Crippen molar-refractivity contribution >= 4 is 46.2 Å². The maximum Gasteiger partial charge on any atom is 0.252 e. The molecule has 2 nitrogen and oxygen atoms in total. The van der Waals surface area contributed by atoms with E-state index in [1.165, 1.54) is 0 Å². The first kappa shape index (κ1) is 14.7. The Morgan fingerprint density at radius 2 is 2.35 bits per heavy atom. The van der Waals surface area contributed by atoms with Gasteiger partial charge in [-0.1, -0.05) is 22.0 Å². The van der Waals surface area contributed by atoms with E-state index < -0.39 is 0 Å². The Kier molecular flexibility index (Phi) is 6.77. The molecule has 0 aliphatic rings. The van der Waals surface area contributed by atoms with E-state index in [-0.39, 0.29) is 5.91 Å². The van der Waals surface area contributed by atoms with E-state index in [1.807, 2.05) is 18.2 Å². The number of benzene rings is 1. The van der Waals surface area contributed by atoms with E-state index in [9.17, 15) is 4.79 Å². The lowest BCUT2D eigenvalue weighted by Gasteiger charge is -2.07. The highest BCUT2D eigenvalue weighted by Gasteiger charge is 2.08. The first-order chi connectivity index (χ1) is 8.15. The molecule has 1 aromatic carbocycles. The van der Waals surface area contributed by atoms with Gasteiger partial charge in [0.2, 0.25) is 0 Å². The second-order valence-electron chi connectivity index (χ2n) is 3.28. The van der Waals surface area contributed by atoms with Gasteiger partial charge in [-0.3, -0.25) is 4.79 Å². The van der Waals surface area contributed by atoms with Crippen LogP contribution in [0.4, 0.5) is 0 Å². The van der Waals surface area contributed by atoms with Crippen LogP contribution in [0.25, 0.3) is 0 Å². The lowest BCUT2D eigenvalue weighted by atomic mass is 10.2. The minimum Gasteiger partial charge on any atom is -0.351 e. The third-order valence-corrected chi connectivity index (χ3v) is 3.80. The fourth-order valence-electron chi connectivity index (χ4n) is 1.20. The summed E-state index contributed by atoms with van der Waals surface area (Å²) >= 11 is 9.35. The highest BCUT2D eigenvalue weighted by atomic mass is 79.9. The van der Waals surface area contributed by atoms with Crippen LogP contribution in [0, 0.1) is 0 Å². The molecule has 1 aromatic rings. The van der Waals surface area contributed by atoms with Crippen molar-refractivity contribution in [2.75, 3.05) is 18.1 Å². The molecule has 0 atom stereocenters. The van der Waals surface area contributed by atoms with Crippen LogP contribution in [0.5, 0.6) is 0 Å². The zero-order valence-electron chi connectivity index (χ0n) is 9.28. The molecule has 0 fully saturated rings. The Hall–Kier alpha value is -0.390. The van der Waals surface area contributed by atoms with Crippen LogP contribution in [0.15, 0.2) is 40.2 Å². The quantitative estimate of drug-likeness (QED) is 0.475. The molecule has 1 N–H and O–H groups in total. The summed E-state index contributed by atoms with van der Waals surface area (Å²) in [5.74, 6) is 1.71. The van der Waals surface area contributed by atoms with Crippen molar-refractivity contribution in [3.8, 4) is 0 Å². The third-order valence-electron chi connectivity index (χ3n) is 1.97. The number of rotatable bonds is 6. The van der Waals surface area contributed by atoms with Crippen molar-refractivity contribution in [2.24, 2.45) is 0 Å². The van der Waals surface area contributed by atoms with Crippen molar-refractivity contribution in [1.29, 1.82) is 0 Å². The van der Waals surface area contributed by atoms with Crippen LogP contribution in [0.1, 0.15) is 10.4 Å². The molecule has 0 unspecified atom stereocenters. The van der Waals surface area contributed by atoms with Crippen LogP contribution in [-0.4, -0.2) is 24.0 Å². The van der Waals surface area contributed by atoms with Gasteiger partial charge in [-0.2, -0.15) is 11.8 Å². The highest BCUT2D eigenvalue weighted by Crippen LogP contribution is 2.19. The largest absolute Gasteiger partial charge is 0.351 e. The number of hydrogen-bond acceptors (Lipinski definition) is 3. The highest BCUT2D eigenvalue weighted by molar-refractivity contribution is 9.10. The number of nitrogens with one attached hydrogen (secondary N) is 1. The first-order valence-electron chi connectivity index (χ1n) is 5.10. The van der Waals surface area contributed by atoms with Gasteiger partial charge in [0.15, 0.2) is 0 Å². The van der Waals surface area contributed by atoms with Gasteiger partial charge in [-0.05, 0) is 18.2 Å². The van der Waals surface area contributed by atoms with Gasteiger partial charge < -0.3 is 5.32 Å². The summed E-state index contributed by atoms with van der Waals surface area (Å²) in [6, 6.07) is 5.41. The van der Waals surface area contributed by atoms with Gasteiger partial charge in [-0.15, -0.1) is 19.2 Å². The zero-order chi connectivity index (χ0) is 12.7. The molecule has 5 heteroatoms. The fraction of sp³-hybridized carbons (Fsp3) is 0.250. The SMILES string of the molecule is C=CCSCCNC(=O)c1ccc(Br)cc1S. The van der Waals surface area contributed by atoms with Gasteiger partial charge in [-0.25, -0.2) is 0 Å². The van der Waals surface area contributed by atoms with E-state index in [0.717, 1.165) is 16.0 Å². The topological polar surface area (TPSA) is 29.1 Å². The maximum absolute atomic E-state index is 11.8. The fourth-order valence-corrected chi connectivity index (χ4v) is 2.63. The normalized spacial score (nSPS) is 10.0. The van der Waals surface area contributed by atoms with Crippen LogP contribution >= 0.6 is 40.3 Å². The molecular formula is C12H14BrNOS2. The lowest BCUT2D eigenvalue weighted by molar-refractivity contribution is 0.0953. The average molecular weight is 332 g/mol. The minimum absolute atomic E-state index is 0.0818. The zero-order valence-corrected chi connectivity index (χ0v) is 12.6. The number of carbonyl (C=O) groups excluding carboxylic acids is 1. The number of amides is 1. The molecule has 0 saturated heterocycles. The number of thioether (sulfide) groups is 1. The van der Waals surface area contributed by atoms with Gasteiger partial charge >= 0.3 is 0 Å². The van der Waals surface area contributed by atoms with Gasteiger partial charge in [0.25, 0.3) is 5.91 Å². The van der Waals surface area contributed by atoms with Crippen LogP contribution in [0.2, 0.25) is 0 Å². The van der Waals surface area contributed by atoms with Crippen LogP contribution in [0.3, 0.4) is 0 Å². The van der Waals surface area contributed by atoms with Gasteiger partial charge in [0, 0.05) is 27.4 Å². The monoisotopic (exact) mass is 331 g/mol. The summed E-state index contributed by atoms with van der Waals surface area (Å²) in [5, 5.41) is 2.86. The molecule has 17 heavy (non-hydrogen) atoms. The standard InChI is InChI=1S/C12H14BrNOS2/c1-2-6-17-7-5-14-12(15)10-4-3-9(13)8-11(10)16/h2-4,8,16H,1,5-7H2,(H,14,15). The number of thiol groups is 1. The molecular weight excluding hydrogens is 318 g/mol. The van der Waals surface area contributed by atoms with Crippen LogP contribution < -0.4 is 5.32 Å². The van der Waals surface area contributed by atoms with Crippen molar-refractivity contribution in [1.82, 2.24) is 5.32 Å². The summed E-state index contributed by atoms with van der Waals surface area (Å²) in [6.07, 6.45) is 1.85. The van der Waals surface area contributed by atoms with Crippen LogP contribution in [-0.2, 0) is 0 Å². The molecule has 1 amide bonds. The first-order valence-corrected chi connectivity index (χ1v) is 7.50. The Balaban J connectivity index is 2.44. The molecule has 92 valence electrons. The minimum atomic E-state index is -0.0818. The van der Waals surface area contributed by atoms with Gasteiger partial charge in [0.05, 0.1) is 5.56 Å². The Labute approximate surface area is 120 Å². The van der Waals surface area contributed by atoms with E-state index in [2.05, 4.69) is 40.5 Å². The number of hydrogen-bond donors (Lipinski definition) is 2. The number of carbonyl (C=O) groups is 1. The average Bonchev–Trinajstić information content (AvgIpc) is 2.28. The maximum atomic E-state index is 11.8. The van der Waals surface area contributed by atoms with Crippen molar-refractivity contribution in [3.63, 3.8) is 0 Å². The molecule has 0 spiro atoms. The third kappa shape index (κ3) is 5.19. The summed E-state index contributed by atoms with van der Waals surface area (Å²) in [7, 11) is 0. The summed E-state index contributed by atoms with van der Waals surface area (Å²) in [6.45, 7) is 4.29. The van der Waals surface area contributed by atoms with E-state index in [1.54, 1.807) is 17.8 Å². The molecule has 1 rings (SSSR count). The molecule has 0 saturated carbocycles. The molecule has 0 aliphatic heterocycles. The molecule has 0 radical (unpaired) electrons. The Bertz CT molecular complexity index is 409. The Morgan fingerprint density at radius 3 is 3.00 bits per heavy atom. The van der Waals surface area contributed by atoms with E-state index in [4.69, 9.17) is 0 Å². The van der Waals surface area contributed by atoms with Crippen molar-refractivity contribution in [3.05, 3.63) is 40.9 Å². The predicted octanol–water partition coefficient (Wildman–Crippen LogP) is 3.39.